The highest BCUT2D eigenvalue weighted by atomic mass is 19.1. The minimum atomic E-state index is -0.711. The average Bonchev–Trinajstić information content (AvgIpc) is 3.15. The first-order valence-corrected chi connectivity index (χ1v) is 9.78. The van der Waals surface area contributed by atoms with Crippen molar-refractivity contribution in [1.29, 1.82) is 0 Å². The van der Waals surface area contributed by atoms with Crippen LogP contribution < -0.4 is 5.32 Å². The molecule has 29 heavy (non-hydrogen) atoms. The van der Waals surface area contributed by atoms with Gasteiger partial charge in [0.15, 0.2) is 11.7 Å². The second kappa shape index (κ2) is 8.15. The molecule has 0 unspecified atom stereocenters. The number of amides is 1. The molecule has 3 aromatic rings. The van der Waals surface area contributed by atoms with Crippen LogP contribution in [0, 0.1) is 11.6 Å². The van der Waals surface area contributed by atoms with Crippen LogP contribution in [0.5, 0.6) is 0 Å². The van der Waals surface area contributed by atoms with E-state index >= 15 is 0 Å². The van der Waals surface area contributed by atoms with E-state index in [1.165, 1.54) is 24.2 Å². The number of aryl methyl sites for hydroxylation is 1. The van der Waals surface area contributed by atoms with Crippen molar-refractivity contribution in [2.75, 3.05) is 6.54 Å². The zero-order chi connectivity index (χ0) is 20.3. The van der Waals surface area contributed by atoms with Crippen molar-refractivity contribution in [2.24, 2.45) is 0 Å². The van der Waals surface area contributed by atoms with Crippen molar-refractivity contribution in [3.8, 4) is 11.3 Å². The predicted octanol–water partition coefficient (Wildman–Crippen LogP) is 4.79. The smallest absolute Gasteiger partial charge is 0.220 e. The van der Waals surface area contributed by atoms with Crippen molar-refractivity contribution in [1.82, 2.24) is 10.3 Å². The lowest BCUT2D eigenvalue weighted by molar-refractivity contribution is -0.121. The van der Waals surface area contributed by atoms with Crippen LogP contribution in [0.15, 0.2) is 59.1 Å². The van der Waals surface area contributed by atoms with Crippen molar-refractivity contribution in [3.05, 3.63) is 77.8 Å². The number of carbonyl (C=O) groups is 1. The SMILES string of the molecule is O=C(CCc1ncc(-c2ccc(F)cc2F)o1)NCC1(c2ccccc2)CCC1. The molecule has 1 heterocycles. The van der Waals surface area contributed by atoms with Gasteiger partial charge in [0, 0.05) is 30.9 Å². The maximum absolute atomic E-state index is 13.9. The summed E-state index contributed by atoms with van der Waals surface area (Å²) in [6.45, 7) is 0.619. The van der Waals surface area contributed by atoms with Gasteiger partial charge in [-0.3, -0.25) is 4.79 Å². The normalized spacial score (nSPS) is 15.0. The van der Waals surface area contributed by atoms with E-state index in [1.54, 1.807) is 0 Å². The molecular formula is C23H22F2N2O2. The summed E-state index contributed by atoms with van der Waals surface area (Å²) in [7, 11) is 0. The Hall–Kier alpha value is -3.02. The van der Waals surface area contributed by atoms with E-state index in [2.05, 4.69) is 22.4 Å². The van der Waals surface area contributed by atoms with E-state index in [0.29, 0.717) is 18.9 Å². The van der Waals surface area contributed by atoms with Gasteiger partial charge >= 0.3 is 0 Å². The van der Waals surface area contributed by atoms with E-state index in [0.717, 1.165) is 25.0 Å². The third-order valence-electron chi connectivity index (χ3n) is 5.64. The molecule has 4 nitrogen and oxygen atoms in total. The Morgan fingerprint density at radius 1 is 1.14 bits per heavy atom. The fourth-order valence-corrected chi connectivity index (χ4v) is 3.78. The summed E-state index contributed by atoms with van der Waals surface area (Å²) in [4.78, 5) is 16.4. The first-order valence-electron chi connectivity index (χ1n) is 9.78. The number of hydrogen-bond donors (Lipinski definition) is 1. The molecule has 0 spiro atoms. The number of rotatable bonds is 7. The van der Waals surface area contributed by atoms with E-state index in [4.69, 9.17) is 4.42 Å². The molecule has 1 aliphatic carbocycles. The van der Waals surface area contributed by atoms with Crippen LogP contribution >= 0.6 is 0 Å². The molecule has 6 heteroatoms. The van der Waals surface area contributed by atoms with Gasteiger partial charge < -0.3 is 9.73 Å². The highest BCUT2D eigenvalue weighted by Crippen LogP contribution is 2.43. The van der Waals surface area contributed by atoms with Crippen molar-refractivity contribution >= 4 is 5.91 Å². The summed E-state index contributed by atoms with van der Waals surface area (Å²) >= 11 is 0. The van der Waals surface area contributed by atoms with Crippen LogP contribution in [0.4, 0.5) is 8.78 Å². The van der Waals surface area contributed by atoms with Gasteiger partial charge in [0.1, 0.15) is 11.6 Å². The van der Waals surface area contributed by atoms with Gasteiger partial charge in [-0.1, -0.05) is 36.8 Å². The van der Waals surface area contributed by atoms with Gasteiger partial charge in [0.05, 0.1) is 11.8 Å². The number of aromatic nitrogens is 1. The molecule has 2 aromatic carbocycles. The maximum Gasteiger partial charge on any atom is 0.220 e. The lowest BCUT2D eigenvalue weighted by Gasteiger charge is -2.42. The van der Waals surface area contributed by atoms with Crippen LogP contribution in [0.3, 0.4) is 0 Å². The molecule has 1 N–H and O–H groups in total. The molecular weight excluding hydrogens is 374 g/mol. The van der Waals surface area contributed by atoms with Crippen molar-refractivity contribution in [3.63, 3.8) is 0 Å². The Morgan fingerprint density at radius 3 is 2.62 bits per heavy atom. The molecule has 150 valence electrons. The summed E-state index contributed by atoms with van der Waals surface area (Å²) in [5.41, 5.74) is 1.45. The molecule has 0 atom stereocenters. The summed E-state index contributed by atoms with van der Waals surface area (Å²) in [6, 6.07) is 13.6. The molecule has 1 aromatic heterocycles. The number of halogens is 2. The zero-order valence-electron chi connectivity index (χ0n) is 16.0. The first-order chi connectivity index (χ1) is 14.1. The zero-order valence-corrected chi connectivity index (χ0v) is 16.0. The van der Waals surface area contributed by atoms with E-state index in [-0.39, 0.29) is 29.1 Å². The summed E-state index contributed by atoms with van der Waals surface area (Å²) in [6.07, 6.45) is 5.25. The summed E-state index contributed by atoms with van der Waals surface area (Å²) in [5, 5.41) is 3.04. The highest BCUT2D eigenvalue weighted by Gasteiger charge is 2.38. The lowest BCUT2D eigenvalue weighted by Crippen LogP contribution is -2.45. The van der Waals surface area contributed by atoms with Gasteiger partial charge in [-0.05, 0) is 30.5 Å². The van der Waals surface area contributed by atoms with Crippen molar-refractivity contribution < 1.29 is 18.0 Å². The Labute approximate surface area is 168 Å². The molecule has 4 rings (SSSR count). The molecule has 1 amide bonds. The number of carbonyl (C=O) groups excluding carboxylic acids is 1. The maximum atomic E-state index is 13.9. The largest absolute Gasteiger partial charge is 0.441 e. The fourth-order valence-electron chi connectivity index (χ4n) is 3.78. The van der Waals surface area contributed by atoms with Gasteiger partial charge in [-0.25, -0.2) is 13.8 Å². The number of benzene rings is 2. The number of nitrogens with one attached hydrogen (secondary N) is 1. The molecule has 1 fully saturated rings. The Bertz CT molecular complexity index is 997. The third-order valence-corrected chi connectivity index (χ3v) is 5.64. The summed E-state index contributed by atoms with van der Waals surface area (Å²) in [5.74, 6) is -0.866. The quantitative estimate of drug-likeness (QED) is 0.625. The lowest BCUT2D eigenvalue weighted by atomic mass is 9.64. The molecule has 1 aliphatic rings. The minimum Gasteiger partial charge on any atom is -0.441 e. The second-order valence-corrected chi connectivity index (χ2v) is 7.52. The van der Waals surface area contributed by atoms with Crippen LogP contribution in [-0.4, -0.2) is 17.4 Å². The first kappa shape index (κ1) is 19.3. The van der Waals surface area contributed by atoms with Crippen LogP contribution in [0.2, 0.25) is 0 Å². The van der Waals surface area contributed by atoms with Crippen LogP contribution in [-0.2, 0) is 16.6 Å². The van der Waals surface area contributed by atoms with Gasteiger partial charge in [-0.15, -0.1) is 0 Å². The molecule has 0 bridgehead atoms. The van der Waals surface area contributed by atoms with Crippen LogP contribution in [0.1, 0.15) is 37.1 Å². The van der Waals surface area contributed by atoms with E-state index in [9.17, 15) is 13.6 Å². The van der Waals surface area contributed by atoms with Crippen LogP contribution in [0.25, 0.3) is 11.3 Å². The predicted molar refractivity (Wildman–Crippen MR) is 105 cm³/mol. The molecule has 0 saturated heterocycles. The monoisotopic (exact) mass is 396 g/mol. The van der Waals surface area contributed by atoms with E-state index in [1.807, 2.05) is 18.2 Å². The topological polar surface area (TPSA) is 55.1 Å². The number of hydrogen-bond acceptors (Lipinski definition) is 3. The molecule has 1 saturated carbocycles. The highest BCUT2D eigenvalue weighted by molar-refractivity contribution is 5.76. The average molecular weight is 396 g/mol. The molecule has 0 aliphatic heterocycles. The second-order valence-electron chi connectivity index (χ2n) is 7.52. The standard InChI is InChI=1S/C23H22F2N2O2/c24-17-7-8-18(19(25)13-17)20-14-26-22(29-20)10-9-21(28)27-15-23(11-4-12-23)16-5-2-1-3-6-16/h1-3,5-8,13-14H,4,9-12,15H2,(H,27,28). The minimum absolute atomic E-state index is 0.0349. The Morgan fingerprint density at radius 2 is 1.93 bits per heavy atom. The van der Waals surface area contributed by atoms with E-state index < -0.39 is 11.6 Å². The fraction of sp³-hybridized carbons (Fsp3) is 0.304. The van der Waals surface area contributed by atoms with Gasteiger partial charge in [-0.2, -0.15) is 0 Å². The summed E-state index contributed by atoms with van der Waals surface area (Å²) < 4.78 is 32.4. The third kappa shape index (κ3) is 4.21. The van der Waals surface area contributed by atoms with Crippen molar-refractivity contribution in [2.45, 2.75) is 37.5 Å². The van der Waals surface area contributed by atoms with Gasteiger partial charge in [0.25, 0.3) is 0 Å². The number of oxazole rings is 1. The van der Waals surface area contributed by atoms with Gasteiger partial charge in [0.2, 0.25) is 5.91 Å². The number of nitrogens with zero attached hydrogens (tertiary/aromatic N) is 1. The Balaban J connectivity index is 1.32. The Kier molecular flexibility index (Phi) is 5.43. The molecule has 0 radical (unpaired) electrons.